The zero-order valence-corrected chi connectivity index (χ0v) is 7.83. The van der Waals surface area contributed by atoms with Crippen molar-refractivity contribution < 1.29 is 9.84 Å². The summed E-state index contributed by atoms with van der Waals surface area (Å²) in [6.45, 7) is 5.08. The van der Waals surface area contributed by atoms with Crippen LogP contribution in [0.15, 0.2) is 0 Å². The Balaban J connectivity index is 0.000000561. The Labute approximate surface area is 74.3 Å². The molecule has 0 radical (unpaired) electrons. The second-order valence-electron chi connectivity index (χ2n) is 2.53. The molecule has 0 aliphatic carbocycles. The van der Waals surface area contributed by atoms with Crippen LogP contribution in [0.5, 0.6) is 0 Å². The molecule has 12 heavy (non-hydrogen) atoms. The van der Waals surface area contributed by atoms with Gasteiger partial charge in [0, 0.05) is 26.2 Å². The molecule has 0 atom stereocenters. The fraction of sp³-hybridized carbons (Fsp3) is 1.00. The van der Waals surface area contributed by atoms with Crippen molar-refractivity contribution in [1.82, 2.24) is 4.90 Å². The average Bonchev–Trinajstić information content (AvgIpc) is 2.19. The summed E-state index contributed by atoms with van der Waals surface area (Å²) >= 11 is 0. The van der Waals surface area contributed by atoms with Crippen LogP contribution in [0.2, 0.25) is 0 Å². The van der Waals surface area contributed by atoms with Crippen LogP contribution in [0.3, 0.4) is 0 Å². The first-order chi connectivity index (χ1) is 5.93. The Kier molecular flexibility index (Phi) is 8.81. The summed E-state index contributed by atoms with van der Waals surface area (Å²) in [6.07, 6.45) is 0.889. The second kappa shape index (κ2) is 8.93. The Hall–Kier alpha value is -0.160. The zero-order valence-electron chi connectivity index (χ0n) is 7.83. The summed E-state index contributed by atoms with van der Waals surface area (Å²) in [7, 11) is 1.50. The lowest BCUT2D eigenvalue weighted by Gasteiger charge is -2.25. The second-order valence-corrected chi connectivity index (χ2v) is 2.53. The SMILES string of the molecule is CN.OCCCN1CCOCC1. The molecule has 0 aromatic rings. The van der Waals surface area contributed by atoms with Crippen LogP contribution in [0.25, 0.3) is 0 Å². The molecule has 1 fully saturated rings. The van der Waals surface area contributed by atoms with Crippen LogP contribution in [0.1, 0.15) is 6.42 Å². The number of aliphatic hydroxyl groups excluding tert-OH is 1. The normalized spacial score (nSPS) is 18.2. The Morgan fingerprint density at radius 1 is 1.33 bits per heavy atom. The van der Waals surface area contributed by atoms with E-state index >= 15 is 0 Å². The highest BCUT2D eigenvalue weighted by molar-refractivity contribution is 4.60. The molecular formula is C8H20N2O2. The van der Waals surface area contributed by atoms with E-state index in [0.29, 0.717) is 6.61 Å². The third-order valence-electron chi connectivity index (χ3n) is 1.74. The molecule has 4 nitrogen and oxygen atoms in total. The lowest BCUT2D eigenvalue weighted by atomic mass is 10.3. The van der Waals surface area contributed by atoms with Gasteiger partial charge in [0.25, 0.3) is 0 Å². The molecule has 1 aliphatic heterocycles. The van der Waals surface area contributed by atoms with E-state index in [1.807, 2.05) is 0 Å². The van der Waals surface area contributed by atoms with Crippen molar-refractivity contribution in [3.05, 3.63) is 0 Å². The molecule has 1 rings (SSSR count). The van der Waals surface area contributed by atoms with Crippen LogP contribution >= 0.6 is 0 Å². The van der Waals surface area contributed by atoms with Crippen LogP contribution in [0.4, 0.5) is 0 Å². The third-order valence-corrected chi connectivity index (χ3v) is 1.74. The number of aliphatic hydroxyl groups is 1. The van der Waals surface area contributed by atoms with E-state index in [-0.39, 0.29) is 0 Å². The summed E-state index contributed by atoms with van der Waals surface area (Å²) in [5.74, 6) is 0. The van der Waals surface area contributed by atoms with E-state index in [1.165, 1.54) is 7.05 Å². The van der Waals surface area contributed by atoms with Gasteiger partial charge in [-0.25, -0.2) is 0 Å². The van der Waals surface area contributed by atoms with Gasteiger partial charge in [-0.2, -0.15) is 0 Å². The lowest BCUT2D eigenvalue weighted by molar-refractivity contribution is 0.0353. The first kappa shape index (κ1) is 11.8. The lowest BCUT2D eigenvalue weighted by Crippen LogP contribution is -2.37. The van der Waals surface area contributed by atoms with E-state index in [0.717, 1.165) is 39.3 Å². The minimum atomic E-state index is 0.303. The van der Waals surface area contributed by atoms with Gasteiger partial charge in [-0.1, -0.05) is 0 Å². The molecule has 1 heterocycles. The molecule has 0 aromatic carbocycles. The Bertz CT molecular complexity index is 85.1. The number of nitrogens with zero attached hydrogens (tertiary/aromatic N) is 1. The third kappa shape index (κ3) is 5.49. The number of morpholine rings is 1. The quantitative estimate of drug-likeness (QED) is 0.595. The van der Waals surface area contributed by atoms with Crippen molar-refractivity contribution in [2.75, 3.05) is 46.5 Å². The monoisotopic (exact) mass is 176 g/mol. The fourth-order valence-corrected chi connectivity index (χ4v) is 1.12. The van der Waals surface area contributed by atoms with Gasteiger partial charge in [0.1, 0.15) is 0 Å². The van der Waals surface area contributed by atoms with Gasteiger partial charge >= 0.3 is 0 Å². The molecule has 1 saturated heterocycles. The fourth-order valence-electron chi connectivity index (χ4n) is 1.12. The van der Waals surface area contributed by atoms with Gasteiger partial charge in [0.05, 0.1) is 13.2 Å². The summed E-state index contributed by atoms with van der Waals surface area (Å²) < 4.78 is 5.18. The topological polar surface area (TPSA) is 58.7 Å². The van der Waals surface area contributed by atoms with Crippen LogP contribution in [-0.4, -0.2) is 56.5 Å². The van der Waals surface area contributed by atoms with Gasteiger partial charge in [-0.15, -0.1) is 0 Å². The van der Waals surface area contributed by atoms with Gasteiger partial charge in [-0.3, -0.25) is 4.90 Å². The minimum Gasteiger partial charge on any atom is -0.396 e. The molecule has 0 spiro atoms. The zero-order chi connectivity index (χ0) is 9.23. The number of hydrogen-bond acceptors (Lipinski definition) is 4. The highest BCUT2D eigenvalue weighted by atomic mass is 16.5. The summed E-state index contributed by atoms with van der Waals surface area (Å²) in [6, 6.07) is 0. The highest BCUT2D eigenvalue weighted by Crippen LogP contribution is 1.96. The molecule has 0 saturated carbocycles. The van der Waals surface area contributed by atoms with Crippen LogP contribution in [0, 0.1) is 0 Å². The smallest absolute Gasteiger partial charge is 0.0594 e. The molecular weight excluding hydrogens is 156 g/mol. The average molecular weight is 176 g/mol. The van der Waals surface area contributed by atoms with Gasteiger partial charge in [0.15, 0.2) is 0 Å². The molecule has 74 valence electrons. The van der Waals surface area contributed by atoms with E-state index in [9.17, 15) is 0 Å². The molecule has 0 unspecified atom stereocenters. The molecule has 1 aliphatic rings. The van der Waals surface area contributed by atoms with Crippen LogP contribution in [-0.2, 0) is 4.74 Å². The van der Waals surface area contributed by atoms with Crippen molar-refractivity contribution in [2.24, 2.45) is 5.73 Å². The molecule has 4 heteroatoms. The van der Waals surface area contributed by atoms with Crippen molar-refractivity contribution in [2.45, 2.75) is 6.42 Å². The molecule has 0 bridgehead atoms. The maximum atomic E-state index is 8.54. The molecule has 0 aromatic heterocycles. The number of hydrogen-bond donors (Lipinski definition) is 2. The van der Waals surface area contributed by atoms with Crippen molar-refractivity contribution in [3.63, 3.8) is 0 Å². The standard InChI is InChI=1S/C7H15NO2.CH5N/c9-5-1-2-8-3-6-10-7-4-8;1-2/h9H,1-7H2;2H2,1H3. The first-order valence-electron chi connectivity index (χ1n) is 4.42. The van der Waals surface area contributed by atoms with Crippen molar-refractivity contribution in [1.29, 1.82) is 0 Å². The Morgan fingerprint density at radius 3 is 2.42 bits per heavy atom. The van der Waals surface area contributed by atoms with E-state index in [2.05, 4.69) is 10.6 Å². The summed E-state index contributed by atoms with van der Waals surface area (Å²) in [4.78, 5) is 2.32. The van der Waals surface area contributed by atoms with E-state index < -0.39 is 0 Å². The summed E-state index contributed by atoms with van der Waals surface area (Å²) in [5, 5.41) is 8.54. The molecule has 0 amide bonds. The van der Waals surface area contributed by atoms with Gasteiger partial charge < -0.3 is 15.6 Å². The van der Waals surface area contributed by atoms with Gasteiger partial charge in [0.2, 0.25) is 0 Å². The predicted molar refractivity (Wildman–Crippen MR) is 49.1 cm³/mol. The van der Waals surface area contributed by atoms with E-state index in [4.69, 9.17) is 9.84 Å². The maximum absolute atomic E-state index is 8.54. The number of nitrogens with two attached hydrogens (primary N) is 1. The predicted octanol–water partition coefficient (Wildman–Crippen LogP) is -0.724. The van der Waals surface area contributed by atoms with Crippen LogP contribution < -0.4 is 5.73 Å². The van der Waals surface area contributed by atoms with Crippen molar-refractivity contribution >= 4 is 0 Å². The van der Waals surface area contributed by atoms with E-state index in [1.54, 1.807) is 0 Å². The largest absolute Gasteiger partial charge is 0.396 e. The number of ether oxygens (including phenoxy) is 1. The number of rotatable bonds is 3. The Morgan fingerprint density at radius 2 is 1.92 bits per heavy atom. The molecule has 3 N–H and O–H groups in total. The maximum Gasteiger partial charge on any atom is 0.0594 e. The minimum absolute atomic E-state index is 0.303. The van der Waals surface area contributed by atoms with Crippen molar-refractivity contribution in [3.8, 4) is 0 Å². The summed E-state index contributed by atoms with van der Waals surface area (Å²) in [5.41, 5.74) is 4.50. The first-order valence-corrected chi connectivity index (χ1v) is 4.42. The van der Waals surface area contributed by atoms with Gasteiger partial charge in [-0.05, 0) is 13.5 Å². The highest BCUT2D eigenvalue weighted by Gasteiger charge is 2.08.